The summed E-state index contributed by atoms with van der Waals surface area (Å²) in [5.74, 6) is 1.65. The third-order valence-corrected chi connectivity index (χ3v) is 5.25. The fraction of sp³-hybridized carbons (Fsp3) is 0.227. The van der Waals surface area contributed by atoms with Gasteiger partial charge in [-0.3, -0.25) is 10.1 Å². The minimum atomic E-state index is -0.00449. The number of nitrogens with one attached hydrogen (secondary N) is 1. The Balaban J connectivity index is 1.46. The molecule has 0 spiro atoms. The van der Waals surface area contributed by atoms with Crippen LogP contribution < -0.4 is 5.32 Å². The van der Waals surface area contributed by atoms with Gasteiger partial charge >= 0.3 is 0 Å². The summed E-state index contributed by atoms with van der Waals surface area (Å²) in [5, 5.41) is 4.11. The molecule has 1 aromatic carbocycles. The number of aromatic nitrogens is 4. The molecule has 1 aliphatic carbocycles. The van der Waals surface area contributed by atoms with Crippen LogP contribution in [-0.4, -0.2) is 25.7 Å². The maximum atomic E-state index is 12.5. The Hall–Kier alpha value is -3.61. The molecule has 1 aliphatic rings. The first-order chi connectivity index (χ1) is 14.1. The lowest BCUT2D eigenvalue weighted by Crippen LogP contribution is -2.21. The van der Waals surface area contributed by atoms with Crippen LogP contribution in [-0.2, 0) is 6.42 Å². The van der Waals surface area contributed by atoms with Crippen molar-refractivity contribution >= 4 is 28.6 Å². The highest BCUT2D eigenvalue weighted by Gasteiger charge is 2.29. The van der Waals surface area contributed by atoms with Crippen molar-refractivity contribution in [3.63, 3.8) is 0 Å². The molecule has 0 aliphatic heterocycles. The molecule has 0 saturated carbocycles. The monoisotopic (exact) mass is 385 g/mol. The van der Waals surface area contributed by atoms with E-state index in [1.54, 1.807) is 12.5 Å². The van der Waals surface area contributed by atoms with Gasteiger partial charge in [0.15, 0.2) is 5.78 Å². The second-order valence-electron chi connectivity index (χ2n) is 7.38. The average Bonchev–Trinajstić information content (AvgIpc) is 3.23. The number of nitrogens with zero attached hydrogens (tertiary/aromatic N) is 4. The van der Waals surface area contributed by atoms with Gasteiger partial charge in [-0.05, 0) is 38.1 Å². The standard InChI is InChI=1S/C22H19N5O2/c1-12-5-6-17-15(8-12)13(2)24-22(25-17)27-21-23-11-16-18(26-21)9-14(10-19(16)28)20-4-3-7-29-20/h3-8,11,14H,9-10H2,1-2H3,(H,23,24,25,26,27)/t14-/m0/s1. The molecule has 144 valence electrons. The van der Waals surface area contributed by atoms with Gasteiger partial charge in [0, 0.05) is 30.3 Å². The van der Waals surface area contributed by atoms with Gasteiger partial charge in [0.25, 0.3) is 0 Å². The topological polar surface area (TPSA) is 93.8 Å². The molecule has 29 heavy (non-hydrogen) atoms. The Labute approximate surface area is 167 Å². The molecule has 0 saturated heterocycles. The van der Waals surface area contributed by atoms with Crippen LogP contribution in [0.1, 0.15) is 45.4 Å². The third-order valence-electron chi connectivity index (χ3n) is 5.25. The molecular formula is C22H19N5O2. The number of Topliss-reactive ketones (excluding diaryl/α,β-unsaturated/α-hetero) is 1. The van der Waals surface area contributed by atoms with Gasteiger partial charge in [0.05, 0.1) is 28.7 Å². The Morgan fingerprint density at radius 2 is 1.97 bits per heavy atom. The van der Waals surface area contributed by atoms with Crippen LogP contribution in [0.15, 0.2) is 47.2 Å². The lowest BCUT2D eigenvalue weighted by Gasteiger charge is -2.21. The summed E-state index contributed by atoms with van der Waals surface area (Å²) in [6.45, 7) is 4.00. The van der Waals surface area contributed by atoms with Gasteiger partial charge < -0.3 is 4.42 Å². The lowest BCUT2D eigenvalue weighted by molar-refractivity contribution is 0.0958. The van der Waals surface area contributed by atoms with E-state index in [1.165, 1.54) is 5.56 Å². The van der Waals surface area contributed by atoms with Crippen molar-refractivity contribution in [2.45, 2.75) is 32.6 Å². The summed E-state index contributed by atoms with van der Waals surface area (Å²) < 4.78 is 5.49. The van der Waals surface area contributed by atoms with E-state index in [0.29, 0.717) is 36.0 Å². The van der Waals surface area contributed by atoms with Gasteiger partial charge in [-0.15, -0.1) is 0 Å². The number of rotatable bonds is 3. The molecule has 5 rings (SSSR count). The van der Waals surface area contributed by atoms with Crippen molar-refractivity contribution in [2.24, 2.45) is 0 Å². The number of ketones is 1. The van der Waals surface area contributed by atoms with E-state index in [4.69, 9.17) is 4.42 Å². The van der Waals surface area contributed by atoms with E-state index in [2.05, 4.69) is 31.3 Å². The predicted molar refractivity (Wildman–Crippen MR) is 108 cm³/mol. The SMILES string of the molecule is Cc1ccc2nc(Nc3ncc4c(n3)C[C@H](c3ccco3)CC4=O)nc(C)c2c1. The van der Waals surface area contributed by atoms with Crippen molar-refractivity contribution in [2.75, 3.05) is 5.32 Å². The largest absolute Gasteiger partial charge is 0.469 e. The number of carbonyl (C=O) groups excluding carboxylic acids is 1. The van der Waals surface area contributed by atoms with Crippen molar-refractivity contribution < 1.29 is 9.21 Å². The summed E-state index contributed by atoms with van der Waals surface area (Å²) in [6.07, 6.45) is 4.25. The fourth-order valence-electron chi connectivity index (χ4n) is 3.78. The first-order valence-corrected chi connectivity index (χ1v) is 9.51. The van der Waals surface area contributed by atoms with Crippen molar-refractivity contribution in [1.82, 2.24) is 19.9 Å². The highest BCUT2D eigenvalue weighted by atomic mass is 16.3. The van der Waals surface area contributed by atoms with Gasteiger partial charge in [-0.2, -0.15) is 0 Å². The molecule has 7 heteroatoms. The zero-order chi connectivity index (χ0) is 20.0. The molecule has 1 N–H and O–H groups in total. The Kier molecular flexibility index (Phi) is 4.08. The first kappa shape index (κ1) is 17.5. The number of benzene rings is 1. The van der Waals surface area contributed by atoms with Crippen LogP contribution in [0.25, 0.3) is 10.9 Å². The van der Waals surface area contributed by atoms with Crippen molar-refractivity contribution in [3.8, 4) is 0 Å². The zero-order valence-corrected chi connectivity index (χ0v) is 16.1. The quantitative estimate of drug-likeness (QED) is 0.562. The maximum absolute atomic E-state index is 12.5. The van der Waals surface area contributed by atoms with Gasteiger partial charge in [0.1, 0.15) is 5.76 Å². The normalized spacial score (nSPS) is 16.1. The molecule has 1 atom stereocenters. The molecule has 0 fully saturated rings. The number of aryl methyl sites for hydroxylation is 2. The van der Waals surface area contributed by atoms with Crippen LogP contribution in [0.4, 0.5) is 11.9 Å². The van der Waals surface area contributed by atoms with Gasteiger partial charge in [-0.25, -0.2) is 19.9 Å². The number of furan rings is 1. The molecule has 0 radical (unpaired) electrons. The molecule has 0 amide bonds. The highest BCUT2D eigenvalue weighted by Crippen LogP contribution is 2.32. The molecule has 3 heterocycles. The summed E-state index contributed by atoms with van der Waals surface area (Å²) in [7, 11) is 0. The molecular weight excluding hydrogens is 366 g/mol. The van der Waals surface area contributed by atoms with E-state index < -0.39 is 0 Å². The minimum absolute atomic E-state index is 0.00449. The van der Waals surface area contributed by atoms with E-state index in [-0.39, 0.29) is 11.7 Å². The molecule has 0 bridgehead atoms. The Bertz CT molecular complexity index is 1230. The smallest absolute Gasteiger partial charge is 0.230 e. The zero-order valence-electron chi connectivity index (χ0n) is 16.1. The highest BCUT2D eigenvalue weighted by molar-refractivity contribution is 5.98. The van der Waals surface area contributed by atoms with Gasteiger partial charge in [-0.1, -0.05) is 11.6 Å². The number of anilines is 2. The summed E-state index contributed by atoms with van der Waals surface area (Å²) >= 11 is 0. The summed E-state index contributed by atoms with van der Waals surface area (Å²) in [6, 6.07) is 9.81. The summed E-state index contributed by atoms with van der Waals surface area (Å²) in [4.78, 5) is 30.5. The number of fused-ring (bicyclic) bond motifs is 2. The first-order valence-electron chi connectivity index (χ1n) is 9.51. The number of hydrogen-bond donors (Lipinski definition) is 1. The maximum Gasteiger partial charge on any atom is 0.230 e. The van der Waals surface area contributed by atoms with Crippen molar-refractivity contribution in [3.05, 3.63) is 71.1 Å². The second kappa shape index (κ2) is 6.77. The predicted octanol–water partition coefficient (Wildman–Crippen LogP) is 4.29. The second-order valence-corrected chi connectivity index (χ2v) is 7.38. The van der Waals surface area contributed by atoms with E-state index >= 15 is 0 Å². The third kappa shape index (κ3) is 3.24. The molecule has 0 unspecified atom stereocenters. The summed E-state index contributed by atoms with van der Waals surface area (Å²) in [5.41, 5.74) is 4.19. The molecule has 4 aromatic rings. The van der Waals surface area contributed by atoms with Crippen molar-refractivity contribution in [1.29, 1.82) is 0 Å². The minimum Gasteiger partial charge on any atom is -0.469 e. The van der Waals surface area contributed by atoms with Crippen LogP contribution in [0.2, 0.25) is 0 Å². The number of carbonyl (C=O) groups is 1. The lowest BCUT2D eigenvalue weighted by atomic mass is 9.85. The van der Waals surface area contributed by atoms with Gasteiger partial charge in [0.2, 0.25) is 11.9 Å². The Morgan fingerprint density at radius 1 is 1.07 bits per heavy atom. The Morgan fingerprint density at radius 3 is 2.79 bits per heavy atom. The number of hydrogen-bond acceptors (Lipinski definition) is 7. The fourth-order valence-corrected chi connectivity index (χ4v) is 3.78. The van der Waals surface area contributed by atoms with E-state index in [9.17, 15) is 4.79 Å². The molecule has 3 aromatic heterocycles. The van der Waals surface area contributed by atoms with Crippen LogP contribution in [0.5, 0.6) is 0 Å². The molecule has 7 nitrogen and oxygen atoms in total. The van der Waals surface area contributed by atoms with Crippen LogP contribution in [0.3, 0.4) is 0 Å². The van der Waals surface area contributed by atoms with Crippen LogP contribution >= 0.6 is 0 Å². The van der Waals surface area contributed by atoms with Crippen LogP contribution in [0, 0.1) is 13.8 Å². The van der Waals surface area contributed by atoms with E-state index in [0.717, 1.165) is 22.4 Å². The van der Waals surface area contributed by atoms with E-state index in [1.807, 2.05) is 38.1 Å². The average molecular weight is 385 g/mol.